The molecule has 0 saturated heterocycles. The molecule has 110 valence electrons. The summed E-state index contributed by atoms with van der Waals surface area (Å²) in [5.74, 6) is 1.16. The number of alkyl halides is 1. The van der Waals surface area contributed by atoms with Crippen LogP contribution in [0.5, 0.6) is 0 Å². The first kappa shape index (κ1) is 15.3. The highest BCUT2D eigenvalue weighted by molar-refractivity contribution is 6.17. The van der Waals surface area contributed by atoms with Gasteiger partial charge in [0.25, 0.3) is 0 Å². The molecule has 1 aromatic carbocycles. The van der Waals surface area contributed by atoms with Gasteiger partial charge in [0.1, 0.15) is 11.6 Å². The molecule has 0 aliphatic rings. The van der Waals surface area contributed by atoms with Crippen LogP contribution >= 0.6 is 11.6 Å². The van der Waals surface area contributed by atoms with Gasteiger partial charge in [0, 0.05) is 25.5 Å². The molecule has 20 heavy (non-hydrogen) atoms. The van der Waals surface area contributed by atoms with E-state index in [2.05, 4.69) is 16.5 Å². The first-order valence-corrected chi connectivity index (χ1v) is 7.37. The summed E-state index contributed by atoms with van der Waals surface area (Å²) in [6, 6.07) is 3.54. The van der Waals surface area contributed by atoms with Crippen molar-refractivity contribution in [3.63, 3.8) is 0 Å². The molecule has 2 rings (SSSR count). The van der Waals surface area contributed by atoms with Crippen LogP contribution in [0.15, 0.2) is 12.1 Å². The van der Waals surface area contributed by atoms with Crippen LogP contribution in [-0.2, 0) is 11.2 Å². The van der Waals surface area contributed by atoms with Crippen molar-refractivity contribution in [3.05, 3.63) is 29.3 Å². The highest BCUT2D eigenvalue weighted by atomic mass is 35.5. The second-order valence-electron chi connectivity index (χ2n) is 4.94. The van der Waals surface area contributed by atoms with E-state index in [0.29, 0.717) is 30.0 Å². The minimum absolute atomic E-state index is 0.188. The fourth-order valence-corrected chi connectivity index (χ4v) is 2.67. The number of benzene rings is 1. The zero-order chi connectivity index (χ0) is 14.7. The maximum Gasteiger partial charge on any atom is 0.128 e. The zero-order valence-corrected chi connectivity index (χ0v) is 12.9. The van der Waals surface area contributed by atoms with Crippen molar-refractivity contribution in [2.24, 2.45) is 0 Å². The van der Waals surface area contributed by atoms with Gasteiger partial charge in [-0.25, -0.2) is 9.37 Å². The standard InChI is InChI=1S/C15H20ClFN2O/c1-4-11(9-20-3)19-14-7-10(2)12(17)8-13(14)18-15(19)5-6-16/h7-8,11H,4-6,9H2,1-3H3. The van der Waals surface area contributed by atoms with Crippen LogP contribution in [-0.4, -0.2) is 29.1 Å². The summed E-state index contributed by atoms with van der Waals surface area (Å²) < 4.78 is 21.2. The highest BCUT2D eigenvalue weighted by Crippen LogP contribution is 2.26. The molecule has 5 heteroatoms. The van der Waals surface area contributed by atoms with E-state index in [0.717, 1.165) is 17.8 Å². The van der Waals surface area contributed by atoms with Crippen LogP contribution in [0.4, 0.5) is 4.39 Å². The second-order valence-corrected chi connectivity index (χ2v) is 5.32. The van der Waals surface area contributed by atoms with E-state index >= 15 is 0 Å². The summed E-state index contributed by atoms with van der Waals surface area (Å²) in [6.07, 6.45) is 1.59. The molecule has 3 nitrogen and oxygen atoms in total. The number of ether oxygens (including phenoxy) is 1. The minimum Gasteiger partial charge on any atom is -0.383 e. The number of methoxy groups -OCH3 is 1. The number of hydrogen-bond donors (Lipinski definition) is 0. The Balaban J connectivity index is 2.63. The third-order valence-electron chi connectivity index (χ3n) is 3.56. The minimum atomic E-state index is -0.223. The number of nitrogens with zero attached hydrogens (tertiary/aromatic N) is 2. The smallest absolute Gasteiger partial charge is 0.128 e. The summed E-state index contributed by atoms with van der Waals surface area (Å²) in [6.45, 7) is 4.48. The Morgan fingerprint density at radius 1 is 1.45 bits per heavy atom. The Kier molecular flexibility index (Phi) is 5.00. The van der Waals surface area contributed by atoms with E-state index < -0.39 is 0 Å². The summed E-state index contributed by atoms with van der Waals surface area (Å²) in [5, 5.41) is 0. The summed E-state index contributed by atoms with van der Waals surface area (Å²) in [4.78, 5) is 4.54. The van der Waals surface area contributed by atoms with Gasteiger partial charge in [0.05, 0.1) is 23.7 Å². The first-order valence-electron chi connectivity index (χ1n) is 6.84. The molecule has 0 saturated carbocycles. The predicted molar refractivity (Wildman–Crippen MR) is 80.1 cm³/mol. The molecule has 2 aromatic rings. The van der Waals surface area contributed by atoms with Gasteiger partial charge in [0.2, 0.25) is 0 Å². The fraction of sp³-hybridized carbons (Fsp3) is 0.533. The van der Waals surface area contributed by atoms with Crippen molar-refractivity contribution in [1.82, 2.24) is 9.55 Å². The maximum atomic E-state index is 13.7. The molecule has 0 aliphatic carbocycles. The van der Waals surface area contributed by atoms with Crippen molar-refractivity contribution < 1.29 is 9.13 Å². The van der Waals surface area contributed by atoms with Crippen LogP contribution in [0.1, 0.15) is 30.8 Å². The average Bonchev–Trinajstić information content (AvgIpc) is 2.74. The lowest BCUT2D eigenvalue weighted by atomic mass is 10.1. The summed E-state index contributed by atoms with van der Waals surface area (Å²) >= 11 is 5.86. The molecule has 0 N–H and O–H groups in total. The van der Waals surface area contributed by atoms with E-state index in [9.17, 15) is 4.39 Å². The molecule has 0 fully saturated rings. The third kappa shape index (κ3) is 2.81. The molecule has 0 radical (unpaired) electrons. The molecule has 1 unspecified atom stereocenters. The summed E-state index contributed by atoms with van der Waals surface area (Å²) in [7, 11) is 1.69. The number of imidazole rings is 1. The normalized spacial score (nSPS) is 13.1. The van der Waals surface area contributed by atoms with Crippen LogP contribution in [0.3, 0.4) is 0 Å². The summed E-state index contributed by atoms with van der Waals surface area (Å²) in [5.41, 5.74) is 2.26. The molecular formula is C15H20ClFN2O. The van der Waals surface area contributed by atoms with Crippen LogP contribution in [0, 0.1) is 12.7 Å². The van der Waals surface area contributed by atoms with Gasteiger partial charge in [-0.1, -0.05) is 6.92 Å². The number of hydrogen-bond acceptors (Lipinski definition) is 2. The fourth-order valence-electron chi connectivity index (χ4n) is 2.51. The van der Waals surface area contributed by atoms with Crippen LogP contribution < -0.4 is 0 Å². The van der Waals surface area contributed by atoms with Gasteiger partial charge in [-0.15, -0.1) is 11.6 Å². The van der Waals surface area contributed by atoms with Crippen LogP contribution in [0.25, 0.3) is 11.0 Å². The van der Waals surface area contributed by atoms with E-state index in [4.69, 9.17) is 16.3 Å². The Bertz CT molecular complexity index is 597. The van der Waals surface area contributed by atoms with Crippen molar-refractivity contribution in [2.75, 3.05) is 19.6 Å². The topological polar surface area (TPSA) is 27.1 Å². The second kappa shape index (κ2) is 6.55. The van der Waals surface area contributed by atoms with Gasteiger partial charge in [0.15, 0.2) is 0 Å². The number of halogens is 2. The van der Waals surface area contributed by atoms with E-state index in [1.807, 2.05) is 6.07 Å². The molecular weight excluding hydrogens is 279 g/mol. The van der Waals surface area contributed by atoms with Gasteiger partial charge in [-0.2, -0.15) is 0 Å². The van der Waals surface area contributed by atoms with Gasteiger partial charge < -0.3 is 9.30 Å². The van der Waals surface area contributed by atoms with Gasteiger partial charge >= 0.3 is 0 Å². The van der Waals surface area contributed by atoms with Gasteiger partial charge in [-0.3, -0.25) is 0 Å². The maximum absolute atomic E-state index is 13.7. The van der Waals surface area contributed by atoms with Gasteiger partial charge in [-0.05, 0) is 25.0 Å². The molecule has 1 aromatic heterocycles. The van der Waals surface area contributed by atoms with Crippen molar-refractivity contribution in [1.29, 1.82) is 0 Å². The molecule has 0 amide bonds. The number of aromatic nitrogens is 2. The Morgan fingerprint density at radius 3 is 2.80 bits per heavy atom. The molecule has 1 heterocycles. The quantitative estimate of drug-likeness (QED) is 0.757. The van der Waals surface area contributed by atoms with E-state index in [1.54, 1.807) is 14.0 Å². The molecule has 0 aliphatic heterocycles. The average molecular weight is 299 g/mol. The first-order chi connectivity index (χ1) is 9.62. The Hall–Kier alpha value is -1.13. The number of aryl methyl sites for hydroxylation is 2. The lowest BCUT2D eigenvalue weighted by Crippen LogP contribution is -2.17. The lowest BCUT2D eigenvalue weighted by molar-refractivity contribution is 0.153. The lowest BCUT2D eigenvalue weighted by Gasteiger charge is -2.19. The number of rotatable bonds is 6. The van der Waals surface area contributed by atoms with E-state index in [1.165, 1.54) is 6.07 Å². The molecule has 0 bridgehead atoms. The molecule has 0 spiro atoms. The zero-order valence-electron chi connectivity index (χ0n) is 12.1. The van der Waals surface area contributed by atoms with Crippen molar-refractivity contribution in [2.45, 2.75) is 32.7 Å². The SMILES string of the molecule is CCC(COC)n1c(CCCl)nc2cc(F)c(C)cc21. The highest BCUT2D eigenvalue weighted by Gasteiger charge is 2.18. The largest absolute Gasteiger partial charge is 0.383 e. The molecule has 1 atom stereocenters. The van der Waals surface area contributed by atoms with Crippen molar-refractivity contribution in [3.8, 4) is 0 Å². The monoisotopic (exact) mass is 298 g/mol. The third-order valence-corrected chi connectivity index (χ3v) is 3.75. The number of fused-ring (bicyclic) bond motifs is 1. The Labute approximate surface area is 123 Å². The predicted octanol–water partition coefficient (Wildman–Crippen LogP) is 3.86. The van der Waals surface area contributed by atoms with E-state index in [-0.39, 0.29) is 11.9 Å². The Morgan fingerprint density at radius 2 is 2.20 bits per heavy atom. The van der Waals surface area contributed by atoms with Crippen LogP contribution in [0.2, 0.25) is 0 Å². The van der Waals surface area contributed by atoms with Crippen molar-refractivity contribution >= 4 is 22.6 Å².